The summed E-state index contributed by atoms with van der Waals surface area (Å²) in [6.45, 7) is -3.51. The number of aliphatic hydroxyl groups is 2. The Hall–Kier alpha value is -1.87. The van der Waals surface area contributed by atoms with E-state index >= 15 is 0 Å². The van der Waals surface area contributed by atoms with E-state index in [1.807, 2.05) is 0 Å². The first-order valence-electron chi connectivity index (χ1n) is 5.76. The Morgan fingerprint density at radius 2 is 1.71 bits per heavy atom. The van der Waals surface area contributed by atoms with Crippen molar-refractivity contribution in [2.75, 3.05) is 13.2 Å². The molecular weight excluding hydrogens is 298 g/mol. The van der Waals surface area contributed by atoms with Gasteiger partial charge in [-0.05, 0) is 12.1 Å². The molecule has 0 aliphatic heterocycles. The maximum atomic E-state index is 13.2. The first-order valence-corrected chi connectivity index (χ1v) is 5.76. The number of hydrogen-bond donors (Lipinski definition) is 3. The molecule has 0 bridgehead atoms. The van der Waals surface area contributed by atoms with Gasteiger partial charge in [-0.3, -0.25) is 4.79 Å². The van der Waals surface area contributed by atoms with Crippen LogP contribution in [0.3, 0.4) is 0 Å². The minimum atomic E-state index is -4.54. The fraction of sp³-hybridized carbons (Fsp3) is 0.417. The summed E-state index contributed by atoms with van der Waals surface area (Å²) >= 11 is 0. The molecule has 118 valence electrons. The molecule has 0 aliphatic rings. The molecule has 0 fully saturated rings. The summed E-state index contributed by atoms with van der Waals surface area (Å²) in [7, 11) is 0. The Morgan fingerprint density at radius 3 is 2.14 bits per heavy atom. The Balaban J connectivity index is 2.72. The summed E-state index contributed by atoms with van der Waals surface area (Å²) in [5, 5.41) is 19.7. The molecule has 0 heterocycles. The second-order valence-corrected chi connectivity index (χ2v) is 4.05. The van der Waals surface area contributed by atoms with Gasteiger partial charge in [0.05, 0.1) is 13.2 Å². The Morgan fingerprint density at radius 1 is 1.19 bits per heavy atom. The number of carbonyl (C=O) groups excluding carboxylic acids is 1. The zero-order valence-electron chi connectivity index (χ0n) is 10.7. The van der Waals surface area contributed by atoms with E-state index in [2.05, 4.69) is 0 Å². The number of amides is 1. The van der Waals surface area contributed by atoms with Gasteiger partial charge in [-0.25, -0.2) is 4.39 Å². The maximum Gasteiger partial charge on any atom is 0.405 e. The average Bonchev–Trinajstić information content (AvgIpc) is 2.41. The van der Waals surface area contributed by atoms with E-state index in [4.69, 9.17) is 14.9 Å². The zero-order chi connectivity index (χ0) is 16.0. The summed E-state index contributed by atoms with van der Waals surface area (Å²) in [6, 6.07) is 1.87. The van der Waals surface area contributed by atoms with Crippen molar-refractivity contribution in [2.45, 2.75) is 19.4 Å². The molecule has 1 aromatic rings. The van der Waals surface area contributed by atoms with Gasteiger partial charge in [-0.2, -0.15) is 13.2 Å². The van der Waals surface area contributed by atoms with Crippen LogP contribution in [0, 0.1) is 5.82 Å². The molecule has 21 heavy (non-hydrogen) atoms. The van der Waals surface area contributed by atoms with Crippen LogP contribution in [-0.2, 0) is 18.0 Å². The first kappa shape index (κ1) is 17.2. The van der Waals surface area contributed by atoms with Gasteiger partial charge in [-0.15, -0.1) is 0 Å². The first-order chi connectivity index (χ1) is 9.76. The van der Waals surface area contributed by atoms with Gasteiger partial charge in [0.25, 0.3) is 5.91 Å². The van der Waals surface area contributed by atoms with Crippen molar-refractivity contribution >= 4 is 5.91 Å². The lowest BCUT2D eigenvalue weighted by molar-refractivity contribution is -0.139. The number of rotatable bonds is 6. The zero-order valence-corrected chi connectivity index (χ0v) is 10.7. The van der Waals surface area contributed by atoms with E-state index in [0.29, 0.717) is 0 Å². The van der Waals surface area contributed by atoms with Gasteiger partial charge in [0.1, 0.15) is 18.1 Å². The summed E-state index contributed by atoms with van der Waals surface area (Å²) in [5.41, 5.74) is -0.0506. The summed E-state index contributed by atoms with van der Waals surface area (Å²) in [4.78, 5) is 11.2. The van der Waals surface area contributed by atoms with E-state index in [1.165, 1.54) is 0 Å². The number of hydrogen-bond acceptors (Lipinski definition) is 4. The standard InChI is InChI=1S/C12H13F4NO4/c13-9-1-7(3-18)11(8(2-9)4-19)21-5-10(20)17-6-12(14,15)16/h1-2,18-19H,3-6H2,(H,17,20). The Labute approximate surface area is 117 Å². The van der Waals surface area contributed by atoms with E-state index in [9.17, 15) is 22.4 Å². The molecule has 5 nitrogen and oxygen atoms in total. The fourth-order valence-electron chi connectivity index (χ4n) is 1.52. The molecule has 0 aromatic heterocycles. The molecule has 9 heteroatoms. The normalized spacial score (nSPS) is 11.3. The van der Waals surface area contributed by atoms with Crippen molar-refractivity contribution in [1.29, 1.82) is 0 Å². The number of ether oxygens (including phenoxy) is 1. The van der Waals surface area contributed by atoms with Gasteiger partial charge in [-0.1, -0.05) is 0 Å². The number of aliphatic hydroxyl groups excluding tert-OH is 2. The summed E-state index contributed by atoms with van der Waals surface area (Å²) < 4.78 is 53.8. The highest BCUT2D eigenvalue weighted by molar-refractivity contribution is 5.77. The molecule has 3 N–H and O–H groups in total. The molecule has 1 rings (SSSR count). The van der Waals surface area contributed by atoms with Crippen LogP contribution in [0.4, 0.5) is 17.6 Å². The van der Waals surface area contributed by atoms with Gasteiger partial charge in [0, 0.05) is 11.1 Å². The highest BCUT2D eigenvalue weighted by atomic mass is 19.4. The van der Waals surface area contributed by atoms with Crippen LogP contribution in [0.1, 0.15) is 11.1 Å². The van der Waals surface area contributed by atoms with E-state index in [0.717, 1.165) is 12.1 Å². The molecule has 0 saturated carbocycles. The molecule has 1 aromatic carbocycles. The van der Waals surface area contributed by atoms with Gasteiger partial charge >= 0.3 is 6.18 Å². The number of halogens is 4. The quantitative estimate of drug-likeness (QED) is 0.681. The second-order valence-electron chi connectivity index (χ2n) is 4.05. The summed E-state index contributed by atoms with van der Waals surface area (Å²) in [6.07, 6.45) is -4.54. The number of benzene rings is 1. The van der Waals surface area contributed by atoms with Gasteiger partial charge in [0.15, 0.2) is 6.61 Å². The third-order valence-electron chi connectivity index (χ3n) is 2.38. The SMILES string of the molecule is O=C(COc1c(CO)cc(F)cc1CO)NCC(F)(F)F. The highest BCUT2D eigenvalue weighted by Crippen LogP contribution is 2.26. The number of nitrogens with one attached hydrogen (secondary N) is 1. The number of alkyl halides is 3. The third-order valence-corrected chi connectivity index (χ3v) is 2.38. The van der Waals surface area contributed by atoms with E-state index in [-0.39, 0.29) is 16.9 Å². The topological polar surface area (TPSA) is 78.8 Å². The van der Waals surface area contributed by atoms with E-state index < -0.39 is 44.3 Å². The molecule has 1 amide bonds. The van der Waals surface area contributed by atoms with Crippen LogP contribution >= 0.6 is 0 Å². The predicted octanol–water partition coefficient (Wildman–Crippen LogP) is 0.868. The van der Waals surface area contributed by atoms with Crippen LogP contribution in [0.5, 0.6) is 5.75 Å². The Kier molecular flexibility index (Phi) is 5.91. The minimum absolute atomic E-state index is 0.0253. The van der Waals surface area contributed by atoms with Crippen LogP contribution in [0.25, 0.3) is 0 Å². The van der Waals surface area contributed by atoms with Crippen LogP contribution in [-0.4, -0.2) is 35.4 Å². The summed E-state index contributed by atoms with van der Waals surface area (Å²) in [5.74, 6) is -1.90. The largest absolute Gasteiger partial charge is 0.483 e. The predicted molar refractivity (Wildman–Crippen MR) is 62.8 cm³/mol. The van der Waals surface area contributed by atoms with Crippen LogP contribution in [0.15, 0.2) is 12.1 Å². The Bertz CT molecular complexity index is 480. The molecule has 0 saturated heterocycles. The molecule has 0 unspecified atom stereocenters. The monoisotopic (exact) mass is 311 g/mol. The van der Waals surface area contributed by atoms with Crippen molar-refractivity contribution in [3.05, 3.63) is 29.1 Å². The third kappa shape index (κ3) is 5.56. The van der Waals surface area contributed by atoms with Crippen molar-refractivity contribution in [1.82, 2.24) is 5.32 Å². The van der Waals surface area contributed by atoms with Crippen LogP contribution in [0.2, 0.25) is 0 Å². The second kappa shape index (κ2) is 7.23. The minimum Gasteiger partial charge on any atom is -0.483 e. The van der Waals surface area contributed by atoms with Crippen molar-refractivity contribution in [3.63, 3.8) is 0 Å². The van der Waals surface area contributed by atoms with Crippen LogP contribution < -0.4 is 10.1 Å². The molecule has 0 spiro atoms. The lowest BCUT2D eigenvalue weighted by Gasteiger charge is -2.14. The average molecular weight is 311 g/mol. The van der Waals surface area contributed by atoms with E-state index in [1.54, 1.807) is 5.32 Å². The van der Waals surface area contributed by atoms with Crippen molar-refractivity contribution in [2.24, 2.45) is 0 Å². The lowest BCUT2D eigenvalue weighted by Crippen LogP contribution is -2.36. The fourth-order valence-corrected chi connectivity index (χ4v) is 1.52. The van der Waals surface area contributed by atoms with Crippen molar-refractivity contribution < 1.29 is 37.3 Å². The smallest absolute Gasteiger partial charge is 0.405 e. The molecular formula is C12H13F4NO4. The molecule has 0 aliphatic carbocycles. The lowest BCUT2D eigenvalue weighted by atomic mass is 10.1. The molecule has 0 radical (unpaired) electrons. The van der Waals surface area contributed by atoms with Gasteiger partial charge in [0.2, 0.25) is 0 Å². The highest BCUT2D eigenvalue weighted by Gasteiger charge is 2.27. The van der Waals surface area contributed by atoms with Gasteiger partial charge < -0.3 is 20.3 Å². The molecule has 0 atom stereocenters. The number of carbonyl (C=O) groups is 1. The van der Waals surface area contributed by atoms with Crippen molar-refractivity contribution in [3.8, 4) is 5.75 Å². The maximum absolute atomic E-state index is 13.2.